The highest BCUT2D eigenvalue weighted by molar-refractivity contribution is 5.79. The molecule has 2 aromatic carbocycles. The number of alkyl carbamates (subject to hydrolysis) is 1. The van der Waals surface area contributed by atoms with Crippen LogP contribution in [0.5, 0.6) is 0 Å². The number of piperidine rings is 1. The Balaban J connectivity index is 0.805. The van der Waals surface area contributed by atoms with E-state index in [1.54, 1.807) is 0 Å². The first kappa shape index (κ1) is 41.1. The van der Waals surface area contributed by atoms with Crippen molar-refractivity contribution in [1.82, 2.24) is 10.6 Å². The molecule has 0 radical (unpaired) electrons. The molecule has 2 aromatic rings. The van der Waals surface area contributed by atoms with Gasteiger partial charge in [0.15, 0.2) is 0 Å². The first-order chi connectivity index (χ1) is 25.3. The van der Waals surface area contributed by atoms with E-state index in [4.69, 9.17) is 47.4 Å². The summed E-state index contributed by atoms with van der Waals surface area (Å²) in [5.74, 6) is 0.0403. The number of fused-ring (bicyclic) bond motifs is 3. The molecule has 0 aromatic heterocycles. The lowest BCUT2D eigenvalue weighted by Crippen LogP contribution is -2.33. The molecule has 1 heterocycles. The Morgan fingerprint density at radius 1 is 0.549 bits per heavy atom. The van der Waals surface area contributed by atoms with Gasteiger partial charge in [-0.05, 0) is 48.2 Å². The maximum Gasteiger partial charge on any atom is 0.407 e. The van der Waals surface area contributed by atoms with E-state index in [1.807, 2.05) is 24.3 Å². The van der Waals surface area contributed by atoms with Gasteiger partial charge in [0, 0.05) is 12.5 Å². The van der Waals surface area contributed by atoms with Gasteiger partial charge in [-0.25, -0.2) is 4.79 Å². The molecular weight excluding hydrogens is 660 g/mol. The standard InChI is InChI=1S/C38H58N2O11/c41-38(51-31-37-35-7-3-1-5-33(35)34-6-2-4-8-36(34)37)40-13-14-42-15-16-43-17-18-44-19-20-45-21-22-46-23-24-47-25-26-48-27-28-49-29-30-50-32-9-11-39-12-10-32/h1-8,32,37,39H,9-31H2,(H,40,41). The quantitative estimate of drug-likeness (QED) is 0.115. The molecule has 1 amide bonds. The fraction of sp³-hybridized carbons (Fsp3) is 0.658. The molecule has 286 valence electrons. The second-order valence-electron chi connectivity index (χ2n) is 12.0. The summed E-state index contributed by atoms with van der Waals surface area (Å²) in [5, 5.41) is 6.07. The number of carbonyl (C=O) groups excluding carboxylic acids is 1. The molecule has 0 spiro atoms. The van der Waals surface area contributed by atoms with Crippen LogP contribution < -0.4 is 10.6 Å². The largest absolute Gasteiger partial charge is 0.449 e. The monoisotopic (exact) mass is 718 g/mol. The molecule has 1 fully saturated rings. The second kappa shape index (κ2) is 27.0. The van der Waals surface area contributed by atoms with Gasteiger partial charge in [0.2, 0.25) is 0 Å². The van der Waals surface area contributed by atoms with Crippen LogP contribution in [0, 0.1) is 0 Å². The number of rotatable bonds is 30. The number of ether oxygens (including phenoxy) is 10. The van der Waals surface area contributed by atoms with Gasteiger partial charge in [0.05, 0.1) is 118 Å². The molecule has 2 aliphatic rings. The molecule has 13 heteroatoms. The van der Waals surface area contributed by atoms with Gasteiger partial charge in [-0.2, -0.15) is 0 Å². The third kappa shape index (κ3) is 17.1. The minimum atomic E-state index is -0.449. The topological polar surface area (TPSA) is 133 Å². The predicted molar refractivity (Wildman–Crippen MR) is 191 cm³/mol. The molecule has 51 heavy (non-hydrogen) atoms. The van der Waals surface area contributed by atoms with E-state index < -0.39 is 6.09 Å². The van der Waals surface area contributed by atoms with Gasteiger partial charge in [-0.1, -0.05) is 48.5 Å². The Hall–Kier alpha value is -2.69. The first-order valence-corrected chi connectivity index (χ1v) is 18.4. The van der Waals surface area contributed by atoms with Crippen molar-refractivity contribution >= 4 is 6.09 Å². The molecule has 0 unspecified atom stereocenters. The van der Waals surface area contributed by atoms with Crippen molar-refractivity contribution in [2.24, 2.45) is 0 Å². The predicted octanol–water partition coefficient (Wildman–Crippen LogP) is 3.43. The molecule has 13 nitrogen and oxygen atoms in total. The number of nitrogens with one attached hydrogen (secondary N) is 2. The summed E-state index contributed by atoms with van der Waals surface area (Å²) >= 11 is 0. The summed E-state index contributed by atoms with van der Waals surface area (Å²) in [4.78, 5) is 12.2. The SMILES string of the molecule is O=C(NCCOCCOCCOCCOCCOCCOCCOCCOCCOC1CCNCC1)OCC1c2ccccc2-c2ccccc21. The minimum absolute atomic E-state index is 0.0403. The zero-order chi connectivity index (χ0) is 35.4. The van der Waals surface area contributed by atoms with Crippen LogP contribution in [-0.2, 0) is 47.4 Å². The van der Waals surface area contributed by atoms with Crippen LogP contribution in [0.15, 0.2) is 48.5 Å². The van der Waals surface area contributed by atoms with E-state index in [2.05, 4.69) is 34.9 Å². The van der Waals surface area contributed by atoms with E-state index in [9.17, 15) is 4.79 Å². The van der Waals surface area contributed by atoms with E-state index in [-0.39, 0.29) is 5.92 Å². The number of amides is 1. The van der Waals surface area contributed by atoms with Crippen LogP contribution in [0.25, 0.3) is 11.1 Å². The van der Waals surface area contributed by atoms with E-state index in [1.165, 1.54) is 22.3 Å². The summed E-state index contributed by atoms with van der Waals surface area (Å²) in [5.41, 5.74) is 4.78. The molecule has 1 saturated heterocycles. The summed E-state index contributed by atoms with van der Waals surface area (Å²) in [6.07, 6.45) is 2.07. The van der Waals surface area contributed by atoms with Crippen LogP contribution in [0.4, 0.5) is 4.79 Å². The van der Waals surface area contributed by atoms with Crippen LogP contribution in [0.3, 0.4) is 0 Å². The fourth-order valence-corrected chi connectivity index (χ4v) is 5.75. The number of hydrogen-bond acceptors (Lipinski definition) is 12. The number of benzene rings is 2. The molecule has 4 rings (SSSR count). The highest BCUT2D eigenvalue weighted by atomic mass is 16.6. The Bertz CT molecular complexity index is 1140. The highest BCUT2D eigenvalue weighted by Crippen LogP contribution is 2.44. The van der Waals surface area contributed by atoms with Gasteiger partial charge in [0.25, 0.3) is 0 Å². The molecule has 0 atom stereocenters. The smallest absolute Gasteiger partial charge is 0.407 e. The Kier molecular flexibility index (Phi) is 21.7. The first-order valence-electron chi connectivity index (χ1n) is 18.4. The molecule has 0 saturated carbocycles. The lowest BCUT2D eigenvalue weighted by molar-refractivity contribution is -0.0318. The molecule has 2 N–H and O–H groups in total. The normalized spacial score (nSPS) is 14.4. The Morgan fingerprint density at radius 3 is 1.39 bits per heavy atom. The van der Waals surface area contributed by atoms with E-state index >= 15 is 0 Å². The van der Waals surface area contributed by atoms with Gasteiger partial charge in [0.1, 0.15) is 6.61 Å². The summed E-state index contributed by atoms with van der Waals surface area (Å²) in [6.45, 7) is 11.3. The number of carbonyl (C=O) groups is 1. The van der Waals surface area contributed by atoms with Crippen LogP contribution in [0.1, 0.15) is 29.9 Å². The lowest BCUT2D eigenvalue weighted by atomic mass is 9.98. The van der Waals surface area contributed by atoms with Gasteiger partial charge < -0.3 is 58.0 Å². The van der Waals surface area contributed by atoms with Crippen LogP contribution in [-0.4, -0.2) is 151 Å². The average molecular weight is 719 g/mol. The molecule has 0 bridgehead atoms. The van der Waals surface area contributed by atoms with Crippen LogP contribution in [0.2, 0.25) is 0 Å². The van der Waals surface area contributed by atoms with Crippen molar-refractivity contribution in [3.05, 3.63) is 59.7 Å². The zero-order valence-corrected chi connectivity index (χ0v) is 30.0. The minimum Gasteiger partial charge on any atom is -0.449 e. The van der Waals surface area contributed by atoms with Crippen molar-refractivity contribution in [1.29, 1.82) is 0 Å². The third-order valence-corrected chi connectivity index (χ3v) is 8.33. The third-order valence-electron chi connectivity index (χ3n) is 8.33. The molecular formula is C38H58N2O11. The summed E-state index contributed by atoms with van der Waals surface area (Å²) < 4.78 is 55.4. The highest BCUT2D eigenvalue weighted by Gasteiger charge is 2.29. The van der Waals surface area contributed by atoms with E-state index in [0.717, 1.165) is 25.9 Å². The molecule has 1 aliphatic heterocycles. The zero-order valence-electron chi connectivity index (χ0n) is 30.0. The van der Waals surface area contributed by atoms with Crippen molar-refractivity contribution in [3.8, 4) is 11.1 Å². The second-order valence-corrected chi connectivity index (χ2v) is 12.0. The number of hydrogen-bond donors (Lipinski definition) is 2. The van der Waals surface area contributed by atoms with Crippen LogP contribution >= 0.6 is 0 Å². The van der Waals surface area contributed by atoms with Crippen molar-refractivity contribution < 1.29 is 52.2 Å². The van der Waals surface area contributed by atoms with E-state index in [0.29, 0.717) is 132 Å². The maximum absolute atomic E-state index is 12.2. The van der Waals surface area contributed by atoms with Gasteiger partial charge in [-0.15, -0.1) is 0 Å². The van der Waals surface area contributed by atoms with Crippen molar-refractivity contribution in [2.45, 2.75) is 24.9 Å². The van der Waals surface area contributed by atoms with Gasteiger partial charge >= 0.3 is 6.09 Å². The maximum atomic E-state index is 12.2. The van der Waals surface area contributed by atoms with Crippen molar-refractivity contribution in [3.63, 3.8) is 0 Å². The average Bonchev–Trinajstić information content (AvgIpc) is 3.49. The van der Waals surface area contributed by atoms with Crippen molar-refractivity contribution in [2.75, 3.05) is 139 Å². The van der Waals surface area contributed by atoms with Gasteiger partial charge in [-0.3, -0.25) is 0 Å². The Labute approximate surface area is 302 Å². The molecule has 1 aliphatic carbocycles. The Morgan fingerprint density at radius 2 is 0.941 bits per heavy atom. The summed E-state index contributed by atoms with van der Waals surface area (Å²) in [7, 11) is 0. The fourth-order valence-electron chi connectivity index (χ4n) is 5.75. The summed E-state index contributed by atoms with van der Waals surface area (Å²) in [6, 6.07) is 16.5. The lowest BCUT2D eigenvalue weighted by Gasteiger charge is -2.22.